The van der Waals surface area contributed by atoms with E-state index in [0.29, 0.717) is 41.3 Å². The van der Waals surface area contributed by atoms with Gasteiger partial charge in [0.1, 0.15) is 5.02 Å². The van der Waals surface area contributed by atoms with Gasteiger partial charge in [0.25, 0.3) is 0 Å². The third-order valence-corrected chi connectivity index (χ3v) is 4.67. The minimum Gasteiger partial charge on any atom is -0.465 e. The fraction of sp³-hybridized carbons (Fsp3) is 0.263. The number of halogens is 1. The van der Waals surface area contributed by atoms with E-state index in [2.05, 4.69) is 32.5 Å². The van der Waals surface area contributed by atoms with Gasteiger partial charge in [0.15, 0.2) is 5.82 Å². The molecule has 2 amide bonds. The Kier molecular flexibility index (Phi) is 6.50. The van der Waals surface area contributed by atoms with Crippen molar-refractivity contribution in [2.24, 2.45) is 0 Å². The second kappa shape index (κ2) is 9.24. The van der Waals surface area contributed by atoms with Gasteiger partial charge in [0.2, 0.25) is 11.9 Å². The molecule has 1 fully saturated rings. The molecule has 4 N–H and O–H groups in total. The molecule has 9 nitrogen and oxygen atoms in total. The van der Waals surface area contributed by atoms with Crippen LogP contribution in [-0.2, 0) is 4.79 Å². The van der Waals surface area contributed by atoms with Crippen molar-refractivity contribution in [2.45, 2.75) is 18.9 Å². The molecule has 152 valence electrons. The van der Waals surface area contributed by atoms with Crippen LogP contribution in [0.3, 0.4) is 0 Å². The van der Waals surface area contributed by atoms with Crippen molar-refractivity contribution in [3.63, 3.8) is 0 Å². The second-order valence-electron chi connectivity index (χ2n) is 6.47. The maximum absolute atomic E-state index is 11.6. The van der Waals surface area contributed by atoms with Crippen molar-refractivity contribution in [3.05, 3.63) is 48.1 Å². The van der Waals surface area contributed by atoms with Crippen molar-refractivity contribution in [1.29, 1.82) is 0 Å². The number of carboxylic acid groups (broad SMARTS) is 1. The number of para-hydroxylation sites is 2. The molecule has 0 spiro atoms. The molecule has 3 rings (SSSR count). The maximum atomic E-state index is 11.6. The highest BCUT2D eigenvalue weighted by Crippen LogP contribution is 2.29. The number of benzene rings is 1. The van der Waals surface area contributed by atoms with Gasteiger partial charge in [0, 0.05) is 19.1 Å². The van der Waals surface area contributed by atoms with E-state index < -0.39 is 6.09 Å². The summed E-state index contributed by atoms with van der Waals surface area (Å²) < 4.78 is 0. The third kappa shape index (κ3) is 5.35. The average Bonchev–Trinajstić information content (AvgIpc) is 2.72. The van der Waals surface area contributed by atoms with Gasteiger partial charge in [-0.1, -0.05) is 30.3 Å². The molecule has 2 aromatic rings. The number of piperidine rings is 1. The molecule has 1 aromatic carbocycles. The maximum Gasteiger partial charge on any atom is 0.407 e. The Hall–Kier alpha value is -3.33. The van der Waals surface area contributed by atoms with Gasteiger partial charge < -0.3 is 26.0 Å². The van der Waals surface area contributed by atoms with Crippen molar-refractivity contribution in [1.82, 2.24) is 14.9 Å². The molecule has 1 saturated heterocycles. The Morgan fingerprint density at radius 3 is 2.79 bits per heavy atom. The fourth-order valence-corrected chi connectivity index (χ4v) is 3.13. The Morgan fingerprint density at radius 1 is 1.31 bits per heavy atom. The van der Waals surface area contributed by atoms with E-state index >= 15 is 0 Å². The van der Waals surface area contributed by atoms with E-state index in [1.807, 2.05) is 6.07 Å². The Labute approximate surface area is 172 Å². The van der Waals surface area contributed by atoms with Crippen LogP contribution in [0.2, 0.25) is 5.02 Å². The molecular weight excluding hydrogens is 396 g/mol. The molecule has 1 aromatic heterocycles. The summed E-state index contributed by atoms with van der Waals surface area (Å²) in [5, 5.41) is 18.5. The minimum atomic E-state index is -0.936. The average molecular weight is 417 g/mol. The number of hydrogen-bond donors (Lipinski definition) is 4. The van der Waals surface area contributed by atoms with Gasteiger partial charge in [-0.05, 0) is 31.1 Å². The Balaban J connectivity index is 1.76. The van der Waals surface area contributed by atoms with Crippen molar-refractivity contribution in [3.8, 4) is 0 Å². The number of hydrogen-bond acceptors (Lipinski definition) is 6. The summed E-state index contributed by atoms with van der Waals surface area (Å²) in [6.07, 6.45) is 3.28. The number of likely N-dealkylation sites (tertiary alicyclic amines) is 1. The van der Waals surface area contributed by atoms with E-state index in [1.165, 1.54) is 17.2 Å². The van der Waals surface area contributed by atoms with Crippen molar-refractivity contribution < 1.29 is 14.7 Å². The van der Waals surface area contributed by atoms with Crippen LogP contribution >= 0.6 is 11.6 Å². The predicted molar refractivity (Wildman–Crippen MR) is 112 cm³/mol. The first-order valence-electron chi connectivity index (χ1n) is 9.02. The number of nitrogens with zero attached hydrogens (tertiary/aromatic N) is 3. The number of rotatable bonds is 6. The molecule has 1 unspecified atom stereocenters. The third-order valence-electron chi connectivity index (χ3n) is 4.39. The van der Waals surface area contributed by atoms with Crippen molar-refractivity contribution >= 4 is 46.7 Å². The molecular formula is C19H21ClN6O3. The van der Waals surface area contributed by atoms with Crippen LogP contribution in [0.5, 0.6) is 0 Å². The van der Waals surface area contributed by atoms with Crippen LogP contribution in [0.15, 0.2) is 43.1 Å². The van der Waals surface area contributed by atoms with Gasteiger partial charge in [-0.2, -0.15) is 4.98 Å². The van der Waals surface area contributed by atoms with E-state index in [1.54, 1.807) is 18.2 Å². The standard InChI is InChI=1S/C19H21ClN6O3/c1-2-16(27)23-14-7-3-4-8-15(14)24-17-13(20)10-21-18(25-17)22-12-6-5-9-26(11-12)19(28)29/h2-4,7-8,10,12H,1,5-6,9,11H2,(H,23,27)(H,28,29)(H2,21,22,24,25). The largest absolute Gasteiger partial charge is 0.465 e. The zero-order valence-corrected chi connectivity index (χ0v) is 16.3. The minimum absolute atomic E-state index is 0.0898. The molecule has 0 aliphatic carbocycles. The number of aromatic nitrogens is 2. The van der Waals surface area contributed by atoms with Crippen LogP contribution in [-0.4, -0.2) is 51.1 Å². The van der Waals surface area contributed by atoms with E-state index in [9.17, 15) is 14.7 Å². The lowest BCUT2D eigenvalue weighted by molar-refractivity contribution is -0.111. The highest BCUT2D eigenvalue weighted by Gasteiger charge is 2.23. The fourth-order valence-electron chi connectivity index (χ4n) is 2.99. The highest BCUT2D eigenvalue weighted by molar-refractivity contribution is 6.33. The number of nitrogens with one attached hydrogen (secondary N) is 3. The smallest absolute Gasteiger partial charge is 0.407 e. The Bertz CT molecular complexity index is 923. The molecule has 2 heterocycles. The number of amides is 2. The molecule has 10 heteroatoms. The predicted octanol–water partition coefficient (Wildman–Crippen LogP) is 3.55. The summed E-state index contributed by atoms with van der Waals surface area (Å²) in [6, 6.07) is 7.02. The number of carbonyl (C=O) groups excluding carboxylic acids is 1. The summed E-state index contributed by atoms with van der Waals surface area (Å²) in [5.74, 6) is 0.354. The summed E-state index contributed by atoms with van der Waals surface area (Å²) in [7, 11) is 0. The lowest BCUT2D eigenvalue weighted by Gasteiger charge is -2.31. The van der Waals surface area contributed by atoms with E-state index in [4.69, 9.17) is 11.6 Å². The monoisotopic (exact) mass is 416 g/mol. The molecule has 0 saturated carbocycles. The Morgan fingerprint density at radius 2 is 2.07 bits per heavy atom. The van der Waals surface area contributed by atoms with Gasteiger partial charge in [0.05, 0.1) is 17.6 Å². The molecule has 0 bridgehead atoms. The summed E-state index contributed by atoms with van der Waals surface area (Å²) in [4.78, 5) is 32.8. The van der Waals surface area contributed by atoms with Crippen LogP contribution in [0, 0.1) is 0 Å². The quantitative estimate of drug-likeness (QED) is 0.531. The molecule has 1 aliphatic rings. The van der Waals surface area contributed by atoms with Crippen LogP contribution in [0.25, 0.3) is 0 Å². The lowest BCUT2D eigenvalue weighted by Crippen LogP contribution is -2.44. The number of anilines is 4. The van der Waals surface area contributed by atoms with Gasteiger partial charge in [-0.25, -0.2) is 9.78 Å². The summed E-state index contributed by atoms with van der Waals surface area (Å²) in [6.45, 7) is 4.33. The van der Waals surface area contributed by atoms with Crippen LogP contribution in [0.4, 0.5) is 27.9 Å². The van der Waals surface area contributed by atoms with Crippen LogP contribution in [0.1, 0.15) is 12.8 Å². The zero-order valence-electron chi connectivity index (χ0n) is 15.6. The zero-order chi connectivity index (χ0) is 20.8. The van der Waals surface area contributed by atoms with Crippen molar-refractivity contribution in [2.75, 3.05) is 29.0 Å². The lowest BCUT2D eigenvalue weighted by atomic mass is 10.1. The summed E-state index contributed by atoms with van der Waals surface area (Å²) >= 11 is 6.23. The van der Waals surface area contributed by atoms with Gasteiger partial charge >= 0.3 is 6.09 Å². The normalized spacial score (nSPS) is 16.0. The first-order chi connectivity index (χ1) is 14.0. The topological polar surface area (TPSA) is 119 Å². The molecule has 29 heavy (non-hydrogen) atoms. The van der Waals surface area contributed by atoms with E-state index in [0.717, 1.165) is 12.8 Å². The SMILES string of the molecule is C=CC(=O)Nc1ccccc1Nc1nc(NC2CCCN(C(=O)O)C2)ncc1Cl. The molecule has 1 atom stereocenters. The van der Waals surface area contributed by atoms with Gasteiger partial charge in [-0.3, -0.25) is 4.79 Å². The van der Waals surface area contributed by atoms with E-state index in [-0.39, 0.29) is 11.9 Å². The first kappa shape index (κ1) is 20.4. The highest BCUT2D eigenvalue weighted by atomic mass is 35.5. The second-order valence-corrected chi connectivity index (χ2v) is 6.87. The molecule has 1 aliphatic heterocycles. The molecule has 0 radical (unpaired) electrons. The van der Waals surface area contributed by atoms with Crippen LogP contribution < -0.4 is 16.0 Å². The summed E-state index contributed by atoms with van der Waals surface area (Å²) in [5.41, 5.74) is 1.15. The van der Waals surface area contributed by atoms with Gasteiger partial charge in [-0.15, -0.1) is 0 Å². The first-order valence-corrected chi connectivity index (χ1v) is 9.40. The number of carbonyl (C=O) groups is 2.